The molecule has 0 aliphatic heterocycles. The van der Waals surface area contributed by atoms with Crippen LogP contribution in [0, 0.1) is 5.92 Å². The molecular weight excluding hydrogens is 220 g/mol. The Morgan fingerprint density at radius 3 is 2.44 bits per heavy atom. The van der Waals surface area contributed by atoms with Crippen molar-refractivity contribution in [2.24, 2.45) is 5.92 Å². The van der Waals surface area contributed by atoms with E-state index in [1.54, 1.807) is 0 Å². The molecule has 2 nitrogen and oxygen atoms in total. The van der Waals surface area contributed by atoms with Crippen molar-refractivity contribution >= 4 is 12.6 Å². The van der Waals surface area contributed by atoms with E-state index < -0.39 is 0 Å². The molecule has 16 heavy (non-hydrogen) atoms. The van der Waals surface area contributed by atoms with Crippen LogP contribution in [0.2, 0.25) is 0 Å². The molecular formula is C13H20O2S. The predicted molar refractivity (Wildman–Crippen MR) is 70.7 cm³/mol. The summed E-state index contributed by atoms with van der Waals surface area (Å²) in [6.07, 6.45) is 1.09. The molecule has 0 amide bonds. The van der Waals surface area contributed by atoms with E-state index >= 15 is 0 Å². The highest BCUT2D eigenvalue weighted by atomic mass is 32.1. The Morgan fingerprint density at radius 1 is 1.19 bits per heavy atom. The summed E-state index contributed by atoms with van der Waals surface area (Å²) in [6, 6.07) is 7.76. The van der Waals surface area contributed by atoms with Crippen LogP contribution in [0.25, 0.3) is 0 Å². The van der Waals surface area contributed by atoms with E-state index in [1.807, 2.05) is 31.2 Å². The van der Waals surface area contributed by atoms with Crippen LogP contribution in [-0.2, 0) is 0 Å². The number of ether oxygens (including phenoxy) is 2. The smallest absolute Gasteiger partial charge is 0.122 e. The van der Waals surface area contributed by atoms with Crippen LogP contribution in [0.3, 0.4) is 0 Å². The standard InChI is InChI=1S/C13H20O2S/c1-3-11(10-16)9-15-13-7-5-6-12(8-13)14-4-2/h5-8,11,16H,3-4,9-10H2,1-2H3. The van der Waals surface area contributed by atoms with Crippen molar-refractivity contribution in [2.75, 3.05) is 19.0 Å². The minimum atomic E-state index is 0.513. The third-order valence-electron chi connectivity index (χ3n) is 2.44. The van der Waals surface area contributed by atoms with Crippen molar-refractivity contribution in [3.8, 4) is 11.5 Å². The summed E-state index contributed by atoms with van der Waals surface area (Å²) in [5.41, 5.74) is 0. The number of hydrogen-bond donors (Lipinski definition) is 1. The lowest BCUT2D eigenvalue weighted by molar-refractivity contribution is 0.257. The first-order valence-corrected chi connectivity index (χ1v) is 6.39. The zero-order valence-corrected chi connectivity index (χ0v) is 10.9. The highest BCUT2D eigenvalue weighted by Crippen LogP contribution is 2.20. The molecule has 3 heteroatoms. The van der Waals surface area contributed by atoms with Gasteiger partial charge in [0.05, 0.1) is 13.2 Å². The molecule has 90 valence electrons. The summed E-state index contributed by atoms with van der Waals surface area (Å²) in [5.74, 6) is 3.10. The Labute approximate surface area is 103 Å². The number of thiol groups is 1. The molecule has 0 aromatic heterocycles. The van der Waals surface area contributed by atoms with Gasteiger partial charge in [0, 0.05) is 12.0 Å². The molecule has 1 aromatic rings. The monoisotopic (exact) mass is 240 g/mol. The van der Waals surface area contributed by atoms with Crippen molar-refractivity contribution in [2.45, 2.75) is 20.3 Å². The molecule has 1 aromatic carbocycles. The van der Waals surface area contributed by atoms with Gasteiger partial charge in [-0.25, -0.2) is 0 Å². The van der Waals surface area contributed by atoms with Crippen molar-refractivity contribution in [1.29, 1.82) is 0 Å². The quantitative estimate of drug-likeness (QED) is 0.736. The fourth-order valence-electron chi connectivity index (χ4n) is 1.33. The molecule has 0 radical (unpaired) electrons. The molecule has 0 aliphatic carbocycles. The zero-order chi connectivity index (χ0) is 11.8. The normalized spacial score (nSPS) is 12.2. The molecule has 0 bridgehead atoms. The van der Waals surface area contributed by atoms with Crippen molar-refractivity contribution < 1.29 is 9.47 Å². The second kappa shape index (κ2) is 7.44. The Morgan fingerprint density at radius 2 is 1.88 bits per heavy atom. The highest BCUT2D eigenvalue weighted by Gasteiger charge is 2.05. The number of rotatable bonds is 7. The fraction of sp³-hybridized carbons (Fsp3) is 0.538. The molecule has 1 atom stereocenters. The predicted octanol–water partition coefficient (Wildman–Crippen LogP) is 3.42. The van der Waals surface area contributed by atoms with Gasteiger partial charge in [0.15, 0.2) is 0 Å². The van der Waals surface area contributed by atoms with Crippen LogP contribution in [0.4, 0.5) is 0 Å². The fourth-order valence-corrected chi connectivity index (χ4v) is 1.70. The summed E-state index contributed by atoms with van der Waals surface area (Å²) >= 11 is 4.29. The SMILES string of the molecule is CCOc1cccc(OCC(CC)CS)c1. The van der Waals surface area contributed by atoms with E-state index in [1.165, 1.54) is 0 Å². The Kier molecular flexibility index (Phi) is 6.16. The van der Waals surface area contributed by atoms with Crippen LogP contribution in [0.1, 0.15) is 20.3 Å². The average Bonchev–Trinajstić information content (AvgIpc) is 2.31. The van der Waals surface area contributed by atoms with Crippen molar-refractivity contribution in [3.05, 3.63) is 24.3 Å². The van der Waals surface area contributed by atoms with Gasteiger partial charge < -0.3 is 9.47 Å². The first kappa shape index (κ1) is 13.2. The van der Waals surface area contributed by atoms with Crippen LogP contribution in [0.5, 0.6) is 11.5 Å². The van der Waals surface area contributed by atoms with Gasteiger partial charge in [0.2, 0.25) is 0 Å². The Hall–Kier alpha value is -0.830. The lowest BCUT2D eigenvalue weighted by Crippen LogP contribution is -2.12. The second-order valence-corrected chi connectivity index (χ2v) is 4.04. The molecule has 0 N–H and O–H groups in total. The molecule has 0 saturated carbocycles. The lowest BCUT2D eigenvalue weighted by Gasteiger charge is -2.14. The van der Waals surface area contributed by atoms with Crippen LogP contribution in [0.15, 0.2) is 24.3 Å². The molecule has 1 rings (SSSR count). The first-order chi connectivity index (χ1) is 7.80. The molecule has 0 spiro atoms. The Balaban J connectivity index is 2.49. The maximum Gasteiger partial charge on any atom is 0.122 e. The highest BCUT2D eigenvalue weighted by molar-refractivity contribution is 7.80. The maximum atomic E-state index is 5.71. The van der Waals surface area contributed by atoms with Crippen molar-refractivity contribution in [3.63, 3.8) is 0 Å². The van der Waals surface area contributed by atoms with E-state index in [0.717, 1.165) is 30.3 Å². The summed E-state index contributed by atoms with van der Waals surface area (Å²) in [7, 11) is 0. The van der Waals surface area contributed by atoms with Crippen LogP contribution < -0.4 is 9.47 Å². The molecule has 0 heterocycles. The largest absolute Gasteiger partial charge is 0.494 e. The minimum Gasteiger partial charge on any atom is -0.494 e. The van der Waals surface area contributed by atoms with Gasteiger partial charge in [-0.15, -0.1) is 0 Å². The first-order valence-electron chi connectivity index (χ1n) is 5.76. The number of benzene rings is 1. The van der Waals surface area contributed by atoms with Crippen LogP contribution in [-0.4, -0.2) is 19.0 Å². The molecule has 0 saturated heterocycles. The topological polar surface area (TPSA) is 18.5 Å². The van der Waals surface area contributed by atoms with E-state index in [-0.39, 0.29) is 0 Å². The van der Waals surface area contributed by atoms with E-state index in [0.29, 0.717) is 12.5 Å². The second-order valence-electron chi connectivity index (χ2n) is 3.68. The van der Waals surface area contributed by atoms with Gasteiger partial charge in [-0.05, 0) is 31.2 Å². The van der Waals surface area contributed by atoms with Gasteiger partial charge in [-0.2, -0.15) is 12.6 Å². The lowest BCUT2D eigenvalue weighted by atomic mass is 10.1. The summed E-state index contributed by atoms with van der Waals surface area (Å²) < 4.78 is 11.1. The Bertz CT molecular complexity index is 298. The molecule has 0 aliphatic rings. The van der Waals surface area contributed by atoms with E-state index in [2.05, 4.69) is 19.6 Å². The van der Waals surface area contributed by atoms with Gasteiger partial charge in [0.25, 0.3) is 0 Å². The van der Waals surface area contributed by atoms with E-state index in [4.69, 9.17) is 9.47 Å². The van der Waals surface area contributed by atoms with E-state index in [9.17, 15) is 0 Å². The zero-order valence-electron chi connectivity index (χ0n) is 9.98. The van der Waals surface area contributed by atoms with Gasteiger partial charge >= 0.3 is 0 Å². The third-order valence-corrected chi connectivity index (χ3v) is 2.95. The summed E-state index contributed by atoms with van der Waals surface area (Å²) in [4.78, 5) is 0. The number of hydrogen-bond acceptors (Lipinski definition) is 3. The maximum absolute atomic E-state index is 5.71. The van der Waals surface area contributed by atoms with Crippen molar-refractivity contribution in [1.82, 2.24) is 0 Å². The minimum absolute atomic E-state index is 0.513. The molecule has 1 unspecified atom stereocenters. The summed E-state index contributed by atoms with van der Waals surface area (Å²) in [6.45, 7) is 5.52. The van der Waals surface area contributed by atoms with Gasteiger partial charge in [-0.1, -0.05) is 13.0 Å². The molecule has 0 fully saturated rings. The average molecular weight is 240 g/mol. The summed E-state index contributed by atoms with van der Waals surface area (Å²) in [5, 5.41) is 0. The van der Waals surface area contributed by atoms with Gasteiger partial charge in [-0.3, -0.25) is 0 Å². The van der Waals surface area contributed by atoms with Gasteiger partial charge in [0.1, 0.15) is 11.5 Å². The third kappa shape index (κ3) is 4.35. The van der Waals surface area contributed by atoms with Crippen LogP contribution >= 0.6 is 12.6 Å².